The first-order valence-corrected chi connectivity index (χ1v) is 7.10. The second-order valence-corrected chi connectivity index (χ2v) is 5.09. The molecule has 0 aliphatic heterocycles. The van der Waals surface area contributed by atoms with Crippen molar-refractivity contribution in [3.8, 4) is 0 Å². The van der Waals surface area contributed by atoms with E-state index in [0.29, 0.717) is 16.1 Å². The van der Waals surface area contributed by atoms with Gasteiger partial charge in [0.1, 0.15) is 12.0 Å². The normalized spacial score (nSPS) is 12.6. The van der Waals surface area contributed by atoms with Gasteiger partial charge in [0, 0.05) is 12.2 Å². The summed E-state index contributed by atoms with van der Waals surface area (Å²) in [5, 5.41) is 10.5. The minimum absolute atomic E-state index is 0.0686. The van der Waals surface area contributed by atoms with Crippen molar-refractivity contribution in [1.29, 1.82) is 0 Å². The lowest BCUT2D eigenvalue weighted by Crippen LogP contribution is -2.30. The zero-order valence-corrected chi connectivity index (χ0v) is 12.8. The number of rotatable bonds is 6. The van der Waals surface area contributed by atoms with E-state index in [9.17, 15) is 13.6 Å². The van der Waals surface area contributed by atoms with E-state index in [1.54, 1.807) is 13.3 Å². The summed E-state index contributed by atoms with van der Waals surface area (Å²) in [6.07, 6.45) is 2.49. The summed E-state index contributed by atoms with van der Waals surface area (Å²) >= 11 is 0. The smallest absolute Gasteiger partial charge is 0.319 e. The van der Waals surface area contributed by atoms with Crippen LogP contribution in [0.15, 0.2) is 18.5 Å². The van der Waals surface area contributed by atoms with Crippen molar-refractivity contribution in [1.82, 2.24) is 24.6 Å². The van der Waals surface area contributed by atoms with Gasteiger partial charge in [-0.15, -0.1) is 10.2 Å². The maximum Gasteiger partial charge on any atom is 0.319 e. The Balaban J connectivity index is 2.16. The van der Waals surface area contributed by atoms with Gasteiger partial charge in [-0.25, -0.2) is 0 Å². The molecule has 120 valence electrons. The van der Waals surface area contributed by atoms with Gasteiger partial charge in [0.15, 0.2) is 5.82 Å². The summed E-state index contributed by atoms with van der Waals surface area (Å²) in [5.74, 6) is 0.0361. The lowest BCUT2D eigenvalue weighted by Gasteiger charge is -2.16. The van der Waals surface area contributed by atoms with Crippen molar-refractivity contribution in [3.05, 3.63) is 35.7 Å². The second-order valence-electron chi connectivity index (χ2n) is 5.09. The first kappa shape index (κ1) is 16.1. The molecule has 1 amide bonds. The SMILES string of the molecule is CCCn1cnnc1C(C)NC(=O)c1ccc(C)n1C(F)F. The van der Waals surface area contributed by atoms with Gasteiger partial charge in [-0.3, -0.25) is 9.36 Å². The molecule has 1 atom stereocenters. The zero-order valence-electron chi connectivity index (χ0n) is 12.8. The molecule has 2 aromatic rings. The van der Waals surface area contributed by atoms with Gasteiger partial charge < -0.3 is 9.88 Å². The molecule has 0 fully saturated rings. The number of hydrogen-bond donors (Lipinski definition) is 1. The maximum atomic E-state index is 13.0. The van der Waals surface area contributed by atoms with Crippen molar-refractivity contribution < 1.29 is 13.6 Å². The van der Waals surface area contributed by atoms with E-state index in [4.69, 9.17) is 0 Å². The molecule has 0 aromatic carbocycles. The number of nitrogens with one attached hydrogen (secondary N) is 1. The molecule has 0 saturated heterocycles. The number of amides is 1. The van der Waals surface area contributed by atoms with Gasteiger partial charge in [-0.2, -0.15) is 8.78 Å². The molecule has 1 N–H and O–H groups in total. The first-order valence-electron chi connectivity index (χ1n) is 7.10. The Morgan fingerprint density at radius 1 is 1.41 bits per heavy atom. The molecule has 0 saturated carbocycles. The van der Waals surface area contributed by atoms with Crippen molar-refractivity contribution in [2.45, 2.75) is 46.3 Å². The van der Waals surface area contributed by atoms with E-state index in [-0.39, 0.29) is 5.69 Å². The maximum absolute atomic E-state index is 13.0. The average Bonchev–Trinajstić information content (AvgIpc) is 3.05. The van der Waals surface area contributed by atoms with E-state index in [1.807, 2.05) is 11.5 Å². The van der Waals surface area contributed by atoms with Crippen LogP contribution in [0.1, 0.15) is 54.9 Å². The summed E-state index contributed by atoms with van der Waals surface area (Å²) in [7, 11) is 0. The average molecular weight is 311 g/mol. The first-order chi connectivity index (χ1) is 10.5. The number of hydrogen-bond acceptors (Lipinski definition) is 3. The van der Waals surface area contributed by atoms with Crippen molar-refractivity contribution in [2.24, 2.45) is 0 Å². The third-order valence-electron chi connectivity index (χ3n) is 3.39. The van der Waals surface area contributed by atoms with Crippen LogP contribution in [-0.4, -0.2) is 25.2 Å². The Kier molecular flexibility index (Phi) is 4.89. The molecule has 0 radical (unpaired) electrons. The van der Waals surface area contributed by atoms with Gasteiger partial charge in [0.25, 0.3) is 5.91 Å². The standard InChI is InChI=1S/C14H19F2N5O/c1-4-7-20-8-17-19-12(20)10(3)18-13(22)11-6-5-9(2)21(11)14(15)16/h5-6,8,10,14H,4,7H2,1-3H3,(H,18,22). The third-order valence-corrected chi connectivity index (χ3v) is 3.39. The topological polar surface area (TPSA) is 64.7 Å². The van der Waals surface area contributed by atoms with Crippen LogP contribution in [0.3, 0.4) is 0 Å². The minimum atomic E-state index is -2.75. The van der Waals surface area contributed by atoms with Crippen LogP contribution in [0, 0.1) is 6.92 Å². The number of aromatic nitrogens is 4. The van der Waals surface area contributed by atoms with E-state index < -0.39 is 18.5 Å². The van der Waals surface area contributed by atoms with Gasteiger partial charge in [0.05, 0.1) is 6.04 Å². The Morgan fingerprint density at radius 2 is 2.14 bits per heavy atom. The molecule has 0 aliphatic carbocycles. The van der Waals surface area contributed by atoms with Crippen LogP contribution < -0.4 is 5.32 Å². The van der Waals surface area contributed by atoms with Gasteiger partial charge in [-0.05, 0) is 32.4 Å². The molecule has 2 rings (SSSR count). The molecule has 8 heteroatoms. The summed E-state index contributed by atoms with van der Waals surface area (Å²) in [4.78, 5) is 12.2. The van der Waals surface area contributed by atoms with Crippen molar-refractivity contribution in [2.75, 3.05) is 0 Å². The Bertz CT molecular complexity index is 649. The number of carbonyl (C=O) groups excluding carboxylic acids is 1. The molecular weight excluding hydrogens is 292 g/mol. The lowest BCUT2D eigenvalue weighted by molar-refractivity contribution is 0.0614. The highest BCUT2D eigenvalue weighted by Gasteiger charge is 2.22. The van der Waals surface area contributed by atoms with E-state index in [0.717, 1.165) is 13.0 Å². The molecule has 2 heterocycles. The lowest BCUT2D eigenvalue weighted by atomic mass is 10.3. The fourth-order valence-corrected chi connectivity index (χ4v) is 2.34. The molecule has 0 aliphatic rings. The predicted molar refractivity (Wildman–Crippen MR) is 76.6 cm³/mol. The quantitative estimate of drug-likeness (QED) is 0.892. The fraction of sp³-hybridized carbons (Fsp3) is 0.500. The highest BCUT2D eigenvalue weighted by molar-refractivity contribution is 5.93. The van der Waals surface area contributed by atoms with Crippen LogP contribution >= 0.6 is 0 Å². The monoisotopic (exact) mass is 311 g/mol. The minimum Gasteiger partial charge on any atom is -0.341 e. The van der Waals surface area contributed by atoms with E-state index >= 15 is 0 Å². The summed E-state index contributed by atoms with van der Waals surface area (Å²) < 4.78 is 28.6. The predicted octanol–water partition coefficient (Wildman–Crippen LogP) is 2.68. The summed E-state index contributed by atoms with van der Waals surface area (Å²) in [6.45, 7) is 3.27. The highest BCUT2D eigenvalue weighted by Crippen LogP contribution is 2.19. The number of aryl methyl sites for hydroxylation is 2. The molecule has 0 spiro atoms. The van der Waals surface area contributed by atoms with Gasteiger partial charge in [0.2, 0.25) is 0 Å². The van der Waals surface area contributed by atoms with Gasteiger partial charge in [-0.1, -0.05) is 6.92 Å². The molecule has 0 bridgehead atoms. The number of alkyl halides is 2. The van der Waals surface area contributed by atoms with Gasteiger partial charge >= 0.3 is 6.55 Å². The largest absolute Gasteiger partial charge is 0.341 e. The third kappa shape index (κ3) is 3.15. The van der Waals surface area contributed by atoms with E-state index in [1.165, 1.54) is 19.1 Å². The van der Waals surface area contributed by atoms with Crippen LogP contribution in [0.2, 0.25) is 0 Å². The van der Waals surface area contributed by atoms with Crippen LogP contribution in [-0.2, 0) is 6.54 Å². The summed E-state index contributed by atoms with van der Waals surface area (Å²) in [6, 6.07) is 2.45. The molecular formula is C14H19F2N5O. The molecule has 1 unspecified atom stereocenters. The van der Waals surface area contributed by atoms with Crippen LogP contribution in [0.25, 0.3) is 0 Å². The number of halogens is 2. The summed E-state index contributed by atoms with van der Waals surface area (Å²) in [5.41, 5.74) is 0.267. The Labute approximate surface area is 127 Å². The van der Waals surface area contributed by atoms with E-state index in [2.05, 4.69) is 15.5 Å². The molecule has 6 nitrogen and oxygen atoms in total. The second kappa shape index (κ2) is 6.67. The number of nitrogens with zero attached hydrogens (tertiary/aromatic N) is 4. The Morgan fingerprint density at radius 3 is 2.77 bits per heavy atom. The Hall–Kier alpha value is -2.25. The van der Waals surface area contributed by atoms with Crippen LogP contribution in [0.4, 0.5) is 8.78 Å². The molecule has 2 aromatic heterocycles. The number of carbonyl (C=O) groups is 1. The van der Waals surface area contributed by atoms with Crippen molar-refractivity contribution in [3.63, 3.8) is 0 Å². The van der Waals surface area contributed by atoms with Crippen LogP contribution in [0.5, 0.6) is 0 Å². The zero-order chi connectivity index (χ0) is 16.3. The fourth-order valence-electron chi connectivity index (χ4n) is 2.34. The molecule has 22 heavy (non-hydrogen) atoms. The van der Waals surface area contributed by atoms with Crippen molar-refractivity contribution >= 4 is 5.91 Å². The highest BCUT2D eigenvalue weighted by atomic mass is 19.3.